The van der Waals surface area contributed by atoms with Crippen molar-refractivity contribution < 1.29 is 14.7 Å². The van der Waals surface area contributed by atoms with Gasteiger partial charge in [-0.05, 0) is 23.3 Å². The van der Waals surface area contributed by atoms with Crippen LogP contribution in [0.2, 0.25) is 5.02 Å². The molecule has 0 aliphatic rings. The average Bonchev–Trinajstić information content (AvgIpc) is 2.50. The van der Waals surface area contributed by atoms with Crippen LogP contribution in [0.3, 0.4) is 0 Å². The Bertz CT molecular complexity index is 641. The standard InChI is InChI=1S/C17H16ClNO3/c18-14-8-6-13(7-9-14)11-16(20)19-15(17(21)22)10-12-4-2-1-3-5-12/h1-9,15H,10-11H2,(H,19,20)(H,21,22)/t15-/m0/s1. The predicted octanol–water partition coefficient (Wildman–Crippen LogP) is 2.69. The van der Waals surface area contributed by atoms with E-state index in [9.17, 15) is 14.7 Å². The third kappa shape index (κ3) is 4.90. The van der Waals surface area contributed by atoms with E-state index in [-0.39, 0.29) is 18.7 Å². The minimum absolute atomic E-state index is 0.121. The highest BCUT2D eigenvalue weighted by molar-refractivity contribution is 6.30. The summed E-state index contributed by atoms with van der Waals surface area (Å²) in [5.41, 5.74) is 1.65. The number of benzene rings is 2. The van der Waals surface area contributed by atoms with Crippen LogP contribution in [0.1, 0.15) is 11.1 Å². The molecule has 2 aromatic carbocycles. The molecule has 0 saturated heterocycles. The Kier molecular flexibility index (Phi) is 5.55. The molecule has 0 aromatic heterocycles. The Hall–Kier alpha value is -2.33. The molecule has 0 heterocycles. The highest BCUT2D eigenvalue weighted by Gasteiger charge is 2.20. The summed E-state index contributed by atoms with van der Waals surface area (Å²) in [6.07, 6.45) is 0.373. The summed E-state index contributed by atoms with van der Waals surface area (Å²) in [5.74, 6) is -1.38. The highest BCUT2D eigenvalue weighted by Crippen LogP contribution is 2.10. The number of carboxylic acid groups (broad SMARTS) is 1. The number of hydrogen-bond donors (Lipinski definition) is 2. The van der Waals surface area contributed by atoms with Gasteiger partial charge in [0.05, 0.1) is 6.42 Å². The Labute approximate surface area is 133 Å². The van der Waals surface area contributed by atoms with Crippen molar-refractivity contribution in [3.8, 4) is 0 Å². The van der Waals surface area contributed by atoms with E-state index in [1.54, 1.807) is 24.3 Å². The van der Waals surface area contributed by atoms with Crippen LogP contribution in [0.15, 0.2) is 54.6 Å². The van der Waals surface area contributed by atoms with Crippen molar-refractivity contribution in [2.24, 2.45) is 0 Å². The first-order valence-electron chi connectivity index (χ1n) is 6.85. The smallest absolute Gasteiger partial charge is 0.326 e. The van der Waals surface area contributed by atoms with Gasteiger partial charge in [0.2, 0.25) is 5.91 Å². The maximum atomic E-state index is 12.0. The fraction of sp³-hybridized carbons (Fsp3) is 0.176. The van der Waals surface area contributed by atoms with Crippen molar-refractivity contribution in [3.05, 3.63) is 70.7 Å². The number of carbonyl (C=O) groups excluding carboxylic acids is 1. The third-order valence-electron chi connectivity index (χ3n) is 3.19. The number of amides is 1. The lowest BCUT2D eigenvalue weighted by Gasteiger charge is -2.14. The van der Waals surface area contributed by atoms with Gasteiger partial charge in [-0.25, -0.2) is 4.79 Å². The number of carbonyl (C=O) groups is 2. The Morgan fingerprint density at radius 2 is 1.64 bits per heavy atom. The number of carboxylic acids is 1. The first-order chi connectivity index (χ1) is 10.5. The molecule has 0 saturated carbocycles. The number of halogens is 1. The minimum atomic E-state index is -1.05. The molecule has 0 spiro atoms. The van der Waals surface area contributed by atoms with E-state index < -0.39 is 12.0 Å². The lowest BCUT2D eigenvalue weighted by atomic mass is 10.1. The van der Waals surface area contributed by atoms with Crippen LogP contribution in [-0.4, -0.2) is 23.0 Å². The van der Waals surface area contributed by atoms with Crippen LogP contribution in [0.25, 0.3) is 0 Å². The molecule has 0 unspecified atom stereocenters. The molecule has 0 fully saturated rings. The van der Waals surface area contributed by atoms with Gasteiger partial charge in [-0.15, -0.1) is 0 Å². The molecule has 0 radical (unpaired) electrons. The normalized spacial score (nSPS) is 11.7. The van der Waals surface area contributed by atoms with E-state index in [4.69, 9.17) is 11.6 Å². The Morgan fingerprint density at radius 1 is 1.00 bits per heavy atom. The molecule has 22 heavy (non-hydrogen) atoms. The van der Waals surface area contributed by atoms with E-state index in [0.717, 1.165) is 11.1 Å². The van der Waals surface area contributed by atoms with Gasteiger partial charge in [-0.1, -0.05) is 54.1 Å². The minimum Gasteiger partial charge on any atom is -0.480 e. The van der Waals surface area contributed by atoms with Gasteiger partial charge >= 0.3 is 5.97 Å². The van der Waals surface area contributed by atoms with Crippen LogP contribution in [-0.2, 0) is 22.4 Å². The van der Waals surface area contributed by atoms with Crippen LogP contribution < -0.4 is 5.32 Å². The Balaban J connectivity index is 1.97. The lowest BCUT2D eigenvalue weighted by Crippen LogP contribution is -2.43. The topological polar surface area (TPSA) is 66.4 Å². The van der Waals surface area contributed by atoms with Crippen LogP contribution in [0.4, 0.5) is 0 Å². The third-order valence-corrected chi connectivity index (χ3v) is 3.45. The fourth-order valence-electron chi connectivity index (χ4n) is 2.08. The van der Waals surface area contributed by atoms with E-state index in [2.05, 4.69) is 5.32 Å². The summed E-state index contributed by atoms with van der Waals surface area (Å²) in [5, 5.41) is 12.4. The van der Waals surface area contributed by atoms with Crippen LogP contribution in [0, 0.1) is 0 Å². The summed E-state index contributed by atoms with van der Waals surface area (Å²) in [6, 6.07) is 15.1. The highest BCUT2D eigenvalue weighted by atomic mass is 35.5. The molecule has 5 heteroatoms. The van der Waals surface area contributed by atoms with Crippen molar-refractivity contribution in [1.29, 1.82) is 0 Å². The largest absolute Gasteiger partial charge is 0.480 e. The van der Waals surface area contributed by atoms with Gasteiger partial charge in [0.25, 0.3) is 0 Å². The van der Waals surface area contributed by atoms with Crippen LogP contribution >= 0.6 is 11.6 Å². The summed E-state index contributed by atoms with van der Waals surface area (Å²) >= 11 is 5.79. The van der Waals surface area contributed by atoms with Crippen molar-refractivity contribution >= 4 is 23.5 Å². The van der Waals surface area contributed by atoms with Crippen molar-refractivity contribution in [2.75, 3.05) is 0 Å². The molecule has 1 amide bonds. The SMILES string of the molecule is O=C(Cc1ccc(Cl)cc1)N[C@@H](Cc1ccccc1)C(=O)O. The molecule has 2 aromatic rings. The molecule has 4 nitrogen and oxygen atoms in total. The van der Waals surface area contributed by atoms with Gasteiger partial charge in [-0.3, -0.25) is 4.79 Å². The summed E-state index contributed by atoms with van der Waals surface area (Å²) in [7, 11) is 0. The molecule has 2 N–H and O–H groups in total. The zero-order chi connectivity index (χ0) is 15.9. The van der Waals surface area contributed by atoms with Crippen molar-refractivity contribution in [2.45, 2.75) is 18.9 Å². The van der Waals surface area contributed by atoms with Gasteiger partial charge in [0, 0.05) is 11.4 Å². The maximum Gasteiger partial charge on any atom is 0.326 e. The number of rotatable bonds is 6. The average molecular weight is 318 g/mol. The van der Waals surface area contributed by atoms with Gasteiger partial charge in [0.1, 0.15) is 6.04 Å². The molecule has 0 bridgehead atoms. The zero-order valence-electron chi connectivity index (χ0n) is 11.8. The summed E-state index contributed by atoms with van der Waals surface area (Å²) in [6.45, 7) is 0. The van der Waals surface area contributed by atoms with Gasteiger partial charge in [-0.2, -0.15) is 0 Å². The Morgan fingerprint density at radius 3 is 2.23 bits per heavy atom. The fourth-order valence-corrected chi connectivity index (χ4v) is 2.21. The zero-order valence-corrected chi connectivity index (χ0v) is 12.6. The van der Waals surface area contributed by atoms with Gasteiger partial charge < -0.3 is 10.4 Å². The summed E-state index contributed by atoms with van der Waals surface area (Å²) < 4.78 is 0. The first-order valence-corrected chi connectivity index (χ1v) is 7.23. The molecule has 1 atom stereocenters. The number of nitrogens with one attached hydrogen (secondary N) is 1. The first kappa shape index (κ1) is 16.0. The van der Waals surface area contributed by atoms with E-state index in [1.807, 2.05) is 30.3 Å². The molecular weight excluding hydrogens is 302 g/mol. The summed E-state index contributed by atoms with van der Waals surface area (Å²) in [4.78, 5) is 23.3. The monoisotopic (exact) mass is 317 g/mol. The number of hydrogen-bond acceptors (Lipinski definition) is 2. The molecule has 2 rings (SSSR count). The lowest BCUT2D eigenvalue weighted by molar-refractivity contribution is -0.141. The molecule has 0 aliphatic heterocycles. The second-order valence-electron chi connectivity index (χ2n) is 4.95. The molecule has 114 valence electrons. The van der Waals surface area contributed by atoms with Crippen molar-refractivity contribution in [1.82, 2.24) is 5.32 Å². The number of aliphatic carboxylic acids is 1. The maximum absolute atomic E-state index is 12.0. The quantitative estimate of drug-likeness (QED) is 0.861. The van der Waals surface area contributed by atoms with E-state index >= 15 is 0 Å². The second kappa shape index (κ2) is 7.61. The molecule has 0 aliphatic carbocycles. The van der Waals surface area contributed by atoms with Crippen molar-refractivity contribution in [3.63, 3.8) is 0 Å². The van der Waals surface area contributed by atoms with E-state index in [0.29, 0.717) is 5.02 Å². The van der Waals surface area contributed by atoms with Crippen LogP contribution in [0.5, 0.6) is 0 Å². The molecular formula is C17H16ClNO3. The second-order valence-corrected chi connectivity index (χ2v) is 5.39. The van der Waals surface area contributed by atoms with Gasteiger partial charge in [0.15, 0.2) is 0 Å². The predicted molar refractivity (Wildman–Crippen MR) is 84.9 cm³/mol. The van der Waals surface area contributed by atoms with E-state index in [1.165, 1.54) is 0 Å².